The highest BCUT2D eigenvalue weighted by Gasteiger charge is 2.31. The topological polar surface area (TPSA) is 88.0 Å². The maximum atomic E-state index is 12.7. The minimum absolute atomic E-state index is 0.0965. The number of methoxy groups -OCH3 is 1. The Morgan fingerprint density at radius 2 is 2.08 bits per heavy atom. The van der Waals surface area contributed by atoms with Crippen molar-refractivity contribution >= 4 is 11.6 Å². The highest BCUT2D eigenvalue weighted by Crippen LogP contribution is 2.28. The lowest BCUT2D eigenvalue weighted by molar-refractivity contribution is -0.385. The lowest BCUT2D eigenvalue weighted by Crippen LogP contribution is -2.49. The highest BCUT2D eigenvalue weighted by molar-refractivity contribution is 5.95. The number of nitro groups is 1. The number of likely N-dealkylation sites (tertiary alicyclic amines) is 1. The molecule has 130 valence electrons. The molecule has 0 radical (unpaired) electrons. The number of nitro benzene ring substituents is 1. The van der Waals surface area contributed by atoms with Gasteiger partial charge < -0.3 is 15.0 Å². The van der Waals surface area contributed by atoms with Crippen molar-refractivity contribution in [2.24, 2.45) is 0 Å². The van der Waals surface area contributed by atoms with Gasteiger partial charge in [0.05, 0.1) is 12.0 Å². The standard InChI is InChI=1S/C16H22N4O4/c1-24-15-10-12(2-3-14(15)20(22)23)16(21)19-7-4-13(11-19)18-8-5-17-6-9-18/h2-3,10,13,17H,4-9,11H2,1H3. The minimum Gasteiger partial charge on any atom is -0.490 e. The smallest absolute Gasteiger partial charge is 0.310 e. The van der Waals surface area contributed by atoms with Gasteiger partial charge in [0.2, 0.25) is 0 Å². The zero-order chi connectivity index (χ0) is 17.1. The lowest BCUT2D eigenvalue weighted by Gasteiger charge is -2.32. The van der Waals surface area contributed by atoms with Gasteiger partial charge in [0.25, 0.3) is 5.91 Å². The molecule has 0 bridgehead atoms. The summed E-state index contributed by atoms with van der Waals surface area (Å²) in [5.74, 6) is 0.0181. The van der Waals surface area contributed by atoms with Crippen LogP contribution < -0.4 is 10.1 Å². The van der Waals surface area contributed by atoms with Gasteiger partial charge in [-0.1, -0.05) is 0 Å². The highest BCUT2D eigenvalue weighted by atomic mass is 16.6. The quantitative estimate of drug-likeness (QED) is 0.645. The van der Waals surface area contributed by atoms with Crippen molar-refractivity contribution in [3.8, 4) is 5.75 Å². The van der Waals surface area contributed by atoms with Crippen LogP contribution in [0, 0.1) is 10.1 Å². The molecule has 8 nitrogen and oxygen atoms in total. The third-order valence-corrected chi connectivity index (χ3v) is 4.74. The number of amides is 1. The fourth-order valence-corrected chi connectivity index (χ4v) is 3.42. The zero-order valence-electron chi connectivity index (χ0n) is 13.7. The molecule has 1 unspecified atom stereocenters. The number of rotatable bonds is 4. The van der Waals surface area contributed by atoms with Crippen molar-refractivity contribution in [1.29, 1.82) is 0 Å². The molecule has 1 amide bonds. The molecular formula is C16H22N4O4. The van der Waals surface area contributed by atoms with E-state index in [2.05, 4.69) is 10.2 Å². The summed E-state index contributed by atoms with van der Waals surface area (Å²) in [4.78, 5) is 27.4. The lowest BCUT2D eigenvalue weighted by atomic mass is 10.1. The number of hydrogen-bond acceptors (Lipinski definition) is 6. The molecule has 3 rings (SSSR count). The van der Waals surface area contributed by atoms with Gasteiger partial charge in [0, 0.05) is 63.0 Å². The van der Waals surface area contributed by atoms with Crippen molar-refractivity contribution in [2.75, 3.05) is 46.4 Å². The maximum Gasteiger partial charge on any atom is 0.310 e. The summed E-state index contributed by atoms with van der Waals surface area (Å²) in [7, 11) is 1.37. The van der Waals surface area contributed by atoms with E-state index in [0.717, 1.165) is 32.6 Å². The molecule has 2 heterocycles. The van der Waals surface area contributed by atoms with Gasteiger partial charge in [0.15, 0.2) is 5.75 Å². The van der Waals surface area contributed by atoms with E-state index in [1.807, 2.05) is 4.90 Å². The van der Waals surface area contributed by atoms with Gasteiger partial charge in [-0.2, -0.15) is 0 Å². The molecule has 1 N–H and O–H groups in total. The first-order valence-electron chi connectivity index (χ1n) is 8.16. The molecule has 1 aromatic rings. The van der Waals surface area contributed by atoms with Gasteiger partial charge in [-0.05, 0) is 12.5 Å². The molecule has 0 aromatic heterocycles. The normalized spacial score (nSPS) is 21.7. The summed E-state index contributed by atoms with van der Waals surface area (Å²) < 4.78 is 5.05. The SMILES string of the molecule is COc1cc(C(=O)N2CCC(N3CCNCC3)C2)ccc1[N+](=O)[O-]. The van der Waals surface area contributed by atoms with Crippen LogP contribution >= 0.6 is 0 Å². The van der Waals surface area contributed by atoms with E-state index in [9.17, 15) is 14.9 Å². The average Bonchev–Trinajstić information content (AvgIpc) is 3.11. The Morgan fingerprint density at radius 1 is 1.33 bits per heavy atom. The van der Waals surface area contributed by atoms with Crippen LogP contribution in [0.2, 0.25) is 0 Å². The number of carbonyl (C=O) groups excluding carboxylic acids is 1. The number of nitrogens with one attached hydrogen (secondary N) is 1. The van der Waals surface area contributed by atoms with Crippen LogP contribution in [-0.4, -0.2) is 73.1 Å². The summed E-state index contributed by atoms with van der Waals surface area (Å²) in [6.45, 7) is 5.43. The van der Waals surface area contributed by atoms with Gasteiger partial charge >= 0.3 is 5.69 Å². The Hall–Kier alpha value is -2.19. The monoisotopic (exact) mass is 334 g/mol. The second-order valence-electron chi connectivity index (χ2n) is 6.12. The summed E-state index contributed by atoms with van der Waals surface area (Å²) in [6, 6.07) is 4.69. The van der Waals surface area contributed by atoms with Crippen LogP contribution in [-0.2, 0) is 0 Å². The van der Waals surface area contributed by atoms with E-state index < -0.39 is 4.92 Å². The Bertz CT molecular complexity index is 631. The van der Waals surface area contributed by atoms with Crippen molar-refractivity contribution in [2.45, 2.75) is 12.5 Å². The Labute approximate surface area is 140 Å². The van der Waals surface area contributed by atoms with Crippen LogP contribution in [0.25, 0.3) is 0 Å². The molecule has 2 saturated heterocycles. The molecule has 2 aliphatic heterocycles. The zero-order valence-corrected chi connectivity index (χ0v) is 13.7. The number of ether oxygens (including phenoxy) is 1. The molecule has 0 saturated carbocycles. The molecule has 1 aromatic carbocycles. The first kappa shape index (κ1) is 16.7. The number of nitrogens with zero attached hydrogens (tertiary/aromatic N) is 3. The molecule has 8 heteroatoms. The van der Waals surface area contributed by atoms with Crippen LogP contribution in [0.4, 0.5) is 5.69 Å². The Morgan fingerprint density at radius 3 is 2.75 bits per heavy atom. The first-order chi connectivity index (χ1) is 11.6. The van der Waals surface area contributed by atoms with E-state index in [1.165, 1.54) is 25.3 Å². The molecular weight excluding hydrogens is 312 g/mol. The third kappa shape index (κ3) is 3.34. The number of piperazine rings is 1. The Kier molecular flexibility index (Phi) is 4.96. The van der Waals surface area contributed by atoms with Crippen LogP contribution in [0.15, 0.2) is 18.2 Å². The molecule has 2 fully saturated rings. The third-order valence-electron chi connectivity index (χ3n) is 4.74. The van der Waals surface area contributed by atoms with E-state index in [-0.39, 0.29) is 17.3 Å². The van der Waals surface area contributed by atoms with Crippen molar-refractivity contribution in [1.82, 2.24) is 15.1 Å². The van der Waals surface area contributed by atoms with Gasteiger partial charge in [-0.3, -0.25) is 19.8 Å². The van der Waals surface area contributed by atoms with E-state index in [0.29, 0.717) is 24.7 Å². The van der Waals surface area contributed by atoms with Crippen LogP contribution in [0.1, 0.15) is 16.8 Å². The van der Waals surface area contributed by atoms with Gasteiger partial charge in [-0.15, -0.1) is 0 Å². The summed E-state index contributed by atoms with van der Waals surface area (Å²) in [6.07, 6.45) is 0.968. The predicted octanol–water partition coefficient (Wildman–Crippen LogP) is 0.723. The van der Waals surface area contributed by atoms with Crippen LogP contribution in [0.3, 0.4) is 0 Å². The first-order valence-corrected chi connectivity index (χ1v) is 8.16. The van der Waals surface area contributed by atoms with E-state index in [1.54, 1.807) is 0 Å². The molecule has 2 aliphatic rings. The Balaban J connectivity index is 1.69. The second-order valence-corrected chi connectivity index (χ2v) is 6.12. The second kappa shape index (κ2) is 7.14. The number of carbonyl (C=O) groups is 1. The molecule has 1 atom stereocenters. The summed E-state index contributed by atoms with van der Waals surface area (Å²) >= 11 is 0. The van der Waals surface area contributed by atoms with Gasteiger partial charge in [0.1, 0.15) is 0 Å². The molecule has 0 aliphatic carbocycles. The van der Waals surface area contributed by atoms with Crippen molar-refractivity contribution in [3.63, 3.8) is 0 Å². The van der Waals surface area contributed by atoms with Crippen molar-refractivity contribution in [3.05, 3.63) is 33.9 Å². The number of benzene rings is 1. The number of hydrogen-bond donors (Lipinski definition) is 1. The average molecular weight is 334 g/mol. The summed E-state index contributed by atoms with van der Waals surface area (Å²) in [5.41, 5.74) is 0.299. The van der Waals surface area contributed by atoms with Gasteiger partial charge in [-0.25, -0.2) is 0 Å². The van der Waals surface area contributed by atoms with E-state index in [4.69, 9.17) is 4.74 Å². The maximum absolute atomic E-state index is 12.7. The van der Waals surface area contributed by atoms with Crippen molar-refractivity contribution < 1.29 is 14.5 Å². The van der Waals surface area contributed by atoms with E-state index >= 15 is 0 Å². The largest absolute Gasteiger partial charge is 0.490 e. The fraction of sp³-hybridized carbons (Fsp3) is 0.562. The minimum atomic E-state index is -0.511. The molecule has 0 spiro atoms. The summed E-state index contributed by atoms with van der Waals surface area (Å²) in [5, 5.41) is 14.3. The van der Waals surface area contributed by atoms with Crippen LogP contribution in [0.5, 0.6) is 5.75 Å². The molecule has 24 heavy (non-hydrogen) atoms. The predicted molar refractivity (Wildman–Crippen MR) is 88.4 cm³/mol. The fourth-order valence-electron chi connectivity index (χ4n) is 3.42.